The van der Waals surface area contributed by atoms with E-state index in [9.17, 15) is 9.59 Å². The van der Waals surface area contributed by atoms with Gasteiger partial charge in [-0.15, -0.1) is 0 Å². The molecule has 1 aliphatic rings. The van der Waals surface area contributed by atoms with Crippen LogP contribution < -0.4 is 0 Å². The van der Waals surface area contributed by atoms with Crippen molar-refractivity contribution in [2.75, 3.05) is 0 Å². The van der Waals surface area contributed by atoms with Crippen LogP contribution in [-0.4, -0.2) is 21.8 Å². The van der Waals surface area contributed by atoms with Gasteiger partial charge in [-0.05, 0) is 12.2 Å². The van der Waals surface area contributed by atoms with Crippen molar-refractivity contribution in [1.82, 2.24) is 0 Å². The minimum atomic E-state index is -0.882. The first-order valence-electron chi connectivity index (χ1n) is 2.52. The molecule has 0 amide bonds. The van der Waals surface area contributed by atoms with Crippen LogP contribution in [-0.2, 0) is 26.7 Å². The molecule has 0 heterocycles. The molecule has 0 bridgehead atoms. The Balaban J connectivity index is 0.000001000. The van der Waals surface area contributed by atoms with Gasteiger partial charge in [0.25, 0.3) is 0 Å². The molecule has 0 aromatic heterocycles. The first-order valence-corrected chi connectivity index (χ1v) is 2.52. The summed E-state index contributed by atoms with van der Waals surface area (Å²) in [5.74, 6) is -3.27. The molecular formula is C6H4FeO4. The standard InChI is InChI=1S/C6H4O4.Fe/c7-3-1-2-4(8)6(10)5(3)9;/h1-2,9-10H;. The maximum Gasteiger partial charge on any atom is 0.224 e. The van der Waals surface area contributed by atoms with Gasteiger partial charge in [0.1, 0.15) is 0 Å². The van der Waals surface area contributed by atoms with Crippen molar-refractivity contribution in [2.45, 2.75) is 0 Å². The summed E-state index contributed by atoms with van der Waals surface area (Å²) in [5, 5.41) is 17.2. The van der Waals surface area contributed by atoms with Crippen molar-refractivity contribution >= 4 is 11.6 Å². The van der Waals surface area contributed by atoms with E-state index < -0.39 is 23.1 Å². The monoisotopic (exact) mass is 196 g/mol. The summed E-state index contributed by atoms with van der Waals surface area (Å²) in [6.07, 6.45) is 1.80. The fraction of sp³-hybridized carbons (Fsp3) is 0. The summed E-state index contributed by atoms with van der Waals surface area (Å²) in [6.45, 7) is 0. The second kappa shape index (κ2) is 3.37. The van der Waals surface area contributed by atoms with Crippen LogP contribution in [0.2, 0.25) is 0 Å². The molecule has 0 aromatic rings. The van der Waals surface area contributed by atoms with Gasteiger partial charge in [0.2, 0.25) is 23.1 Å². The zero-order valence-corrected chi connectivity index (χ0v) is 6.32. The van der Waals surface area contributed by atoms with E-state index in [4.69, 9.17) is 10.2 Å². The Kier molecular flexibility index (Phi) is 3.04. The zero-order chi connectivity index (χ0) is 7.72. The molecule has 5 heteroatoms. The quantitative estimate of drug-likeness (QED) is 0.423. The average molecular weight is 196 g/mol. The van der Waals surface area contributed by atoms with E-state index in [1.54, 1.807) is 0 Å². The Morgan fingerprint density at radius 1 is 0.909 bits per heavy atom. The average Bonchev–Trinajstić information content (AvgIpc) is 1.93. The Morgan fingerprint density at radius 3 is 1.45 bits per heavy atom. The number of rotatable bonds is 0. The van der Waals surface area contributed by atoms with Crippen molar-refractivity contribution in [1.29, 1.82) is 0 Å². The first-order chi connectivity index (χ1) is 4.63. The summed E-state index contributed by atoms with van der Waals surface area (Å²) in [4.78, 5) is 20.9. The minimum Gasteiger partial charge on any atom is -0.501 e. The molecule has 2 N–H and O–H groups in total. The Hall–Kier alpha value is -1.06. The number of aliphatic hydroxyl groups is 2. The van der Waals surface area contributed by atoms with Crippen molar-refractivity contribution < 1.29 is 36.9 Å². The van der Waals surface area contributed by atoms with E-state index in [1.807, 2.05) is 0 Å². The maximum atomic E-state index is 10.4. The second-order valence-corrected chi connectivity index (χ2v) is 1.76. The van der Waals surface area contributed by atoms with Crippen molar-refractivity contribution in [3.63, 3.8) is 0 Å². The SMILES string of the molecule is O=C1C=CC(=O)C(O)=C1O.[Fe]. The Bertz CT molecular complexity index is 238. The number of ketones is 2. The van der Waals surface area contributed by atoms with Crippen LogP contribution in [0.25, 0.3) is 0 Å². The molecule has 0 spiro atoms. The molecule has 0 saturated carbocycles. The Morgan fingerprint density at radius 2 is 1.18 bits per heavy atom. The molecule has 0 saturated heterocycles. The molecule has 60 valence electrons. The number of hydrogen-bond acceptors (Lipinski definition) is 4. The molecule has 0 atom stereocenters. The number of allylic oxidation sites excluding steroid dienone is 2. The molecule has 0 unspecified atom stereocenters. The third kappa shape index (κ3) is 1.69. The van der Waals surface area contributed by atoms with Gasteiger partial charge in [-0.2, -0.15) is 0 Å². The van der Waals surface area contributed by atoms with Gasteiger partial charge < -0.3 is 10.2 Å². The number of hydrogen-bond donors (Lipinski definition) is 2. The van der Waals surface area contributed by atoms with Crippen LogP contribution in [0.4, 0.5) is 0 Å². The topological polar surface area (TPSA) is 74.6 Å². The van der Waals surface area contributed by atoms with Crippen molar-refractivity contribution in [3.05, 3.63) is 23.7 Å². The predicted molar refractivity (Wildman–Crippen MR) is 31.4 cm³/mol. The van der Waals surface area contributed by atoms with Gasteiger partial charge in [0.05, 0.1) is 0 Å². The first kappa shape index (κ1) is 9.94. The summed E-state index contributed by atoms with van der Waals surface area (Å²) >= 11 is 0. The fourth-order valence-corrected chi connectivity index (χ4v) is 0.543. The molecule has 11 heavy (non-hydrogen) atoms. The summed E-state index contributed by atoms with van der Waals surface area (Å²) in [7, 11) is 0. The van der Waals surface area contributed by atoms with Gasteiger partial charge in [-0.25, -0.2) is 0 Å². The summed E-state index contributed by atoms with van der Waals surface area (Å²) in [6, 6.07) is 0. The number of aliphatic hydroxyl groups excluding tert-OH is 2. The van der Waals surface area contributed by atoms with Crippen LogP contribution in [0, 0.1) is 0 Å². The van der Waals surface area contributed by atoms with Gasteiger partial charge >= 0.3 is 0 Å². The van der Waals surface area contributed by atoms with Gasteiger partial charge in [0, 0.05) is 17.1 Å². The van der Waals surface area contributed by atoms with Gasteiger partial charge in [-0.1, -0.05) is 0 Å². The van der Waals surface area contributed by atoms with E-state index in [1.165, 1.54) is 0 Å². The van der Waals surface area contributed by atoms with Crippen molar-refractivity contribution in [3.8, 4) is 0 Å². The Labute approximate surface area is 72.7 Å². The van der Waals surface area contributed by atoms with Crippen LogP contribution >= 0.6 is 0 Å². The third-order valence-electron chi connectivity index (χ3n) is 1.08. The second-order valence-electron chi connectivity index (χ2n) is 1.76. The van der Waals surface area contributed by atoms with E-state index >= 15 is 0 Å². The fourth-order valence-electron chi connectivity index (χ4n) is 0.543. The number of carbonyl (C=O) groups excluding carboxylic acids is 2. The molecule has 0 aromatic carbocycles. The molecule has 4 nitrogen and oxygen atoms in total. The summed E-state index contributed by atoms with van der Waals surface area (Å²) in [5.41, 5.74) is 0. The normalized spacial score (nSPS) is 16.7. The van der Waals surface area contributed by atoms with E-state index in [2.05, 4.69) is 0 Å². The zero-order valence-electron chi connectivity index (χ0n) is 5.22. The van der Waals surface area contributed by atoms with Crippen LogP contribution in [0.15, 0.2) is 23.7 Å². The maximum absolute atomic E-state index is 10.4. The molecule has 1 aliphatic carbocycles. The predicted octanol–water partition coefficient (Wildman–Crippen LogP) is 0.0195. The summed E-state index contributed by atoms with van der Waals surface area (Å²) < 4.78 is 0. The smallest absolute Gasteiger partial charge is 0.224 e. The van der Waals surface area contributed by atoms with Crippen LogP contribution in [0.3, 0.4) is 0 Å². The van der Waals surface area contributed by atoms with E-state index in [0.29, 0.717) is 0 Å². The molecule has 0 aliphatic heterocycles. The minimum absolute atomic E-state index is 0. The van der Waals surface area contributed by atoms with Crippen LogP contribution in [0.1, 0.15) is 0 Å². The number of carbonyl (C=O) groups is 2. The van der Waals surface area contributed by atoms with Gasteiger partial charge in [0.15, 0.2) is 0 Å². The molecule has 1 rings (SSSR count). The van der Waals surface area contributed by atoms with Crippen molar-refractivity contribution in [2.24, 2.45) is 0 Å². The third-order valence-corrected chi connectivity index (χ3v) is 1.08. The van der Waals surface area contributed by atoms with Crippen LogP contribution in [0.5, 0.6) is 0 Å². The van der Waals surface area contributed by atoms with E-state index in [-0.39, 0.29) is 17.1 Å². The molecular weight excluding hydrogens is 192 g/mol. The molecule has 0 radical (unpaired) electrons. The molecule has 0 fully saturated rings. The van der Waals surface area contributed by atoms with Gasteiger partial charge in [-0.3, -0.25) is 9.59 Å². The van der Waals surface area contributed by atoms with E-state index in [0.717, 1.165) is 12.2 Å². The largest absolute Gasteiger partial charge is 0.501 e.